The van der Waals surface area contributed by atoms with E-state index < -0.39 is 0 Å². The Morgan fingerprint density at radius 2 is 2.00 bits per heavy atom. The molecule has 1 aromatic carbocycles. The molecular formula is C19H14N6OS. The SMILES string of the molecule is Cc1[nH]n2ccc(=O)cc2c1-c1nc(-c2ccccc2)c(-c2ncn[nH]2)s1. The van der Waals surface area contributed by atoms with E-state index in [9.17, 15) is 4.79 Å². The Bertz CT molecular complexity index is 1300. The predicted molar refractivity (Wildman–Crippen MR) is 105 cm³/mol. The molecule has 0 aliphatic carbocycles. The van der Waals surface area contributed by atoms with Crippen LogP contribution in [0.5, 0.6) is 0 Å². The molecule has 0 spiro atoms. The Labute approximate surface area is 157 Å². The first kappa shape index (κ1) is 15.7. The highest BCUT2D eigenvalue weighted by Crippen LogP contribution is 2.40. The molecule has 0 fully saturated rings. The van der Waals surface area contributed by atoms with Gasteiger partial charge in [-0.25, -0.2) is 9.97 Å². The number of aromatic amines is 2. The third-order valence-electron chi connectivity index (χ3n) is 4.36. The van der Waals surface area contributed by atoms with Crippen LogP contribution in [0.1, 0.15) is 5.69 Å². The molecule has 0 unspecified atom stereocenters. The number of aromatic nitrogens is 6. The first-order chi connectivity index (χ1) is 13.2. The Morgan fingerprint density at radius 1 is 1.15 bits per heavy atom. The number of hydrogen-bond donors (Lipinski definition) is 2. The van der Waals surface area contributed by atoms with Gasteiger partial charge in [0.15, 0.2) is 11.3 Å². The van der Waals surface area contributed by atoms with E-state index in [1.165, 1.54) is 23.7 Å². The van der Waals surface area contributed by atoms with Crippen LogP contribution in [-0.4, -0.2) is 29.8 Å². The lowest BCUT2D eigenvalue weighted by atomic mass is 10.1. The summed E-state index contributed by atoms with van der Waals surface area (Å²) in [5.41, 5.74) is 4.46. The maximum atomic E-state index is 11.9. The molecule has 0 radical (unpaired) electrons. The van der Waals surface area contributed by atoms with E-state index in [4.69, 9.17) is 4.98 Å². The van der Waals surface area contributed by atoms with Crippen LogP contribution in [0.25, 0.3) is 38.0 Å². The van der Waals surface area contributed by atoms with Crippen LogP contribution in [0.4, 0.5) is 0 Å². The van der Waals surface area contributed by atoms with E-state index in [0.717, 1.165) is 37.9 Å². The second kappa shape index (κ2) is 6.03. The molecule has 0 saturated heterocycles. The Kier molecular flexibility index (Phi) is 3.51. The van der Waals surface area contributed by atoms with Crippen molar-refractivity contribution >= 4 is 16.9 Å². The molecule has 7 nitrogen and oxygen atoms in total. The number of benzene rings is 1. The van der Waals surface area contributed by atoms with Gasteiger partial charge >= 0.3 is 0 Å². The standard InChI is InChI=1S/C19H14N6OS/c1-11-15(14-9-13(26)7-8-25(14)24-11)19-22-16(12-5-3-2-4-6-12)17(27-19)18-20-10-21-23-18/h2-10,24H,1H3,(H,20,21,23). The molecule has 0 aliphatic heterocycles. The molecule has 0 saturated carbocycles. The average molecular weight is 374 g/mol. The first-order valence-corrected chi connectivity index (χ1v) is 9.16. The van der Waals surface area contributed by atoms with Crippen molar-refractivity contribution in [2.24, 2.45) is 0 Å². The number of H-pyrrole nitrogens is 2. The third-order valence-corrected chi connectivity index (χ3v) is 5.44. The van der Waals surface area contributed by atoms with Gasteiger partial charge in [-0.3, -0.25) is 19.5 Å². The van der Waals surface area contributed by atoms with Crippen LogP contribution < -0.4 is 5.43 Å². The summed E-state index contributed by atoms with van der Waals surface area (Å²) >= 11 is 1.52. The van der Waals surface area contributed by atoms with Gasteiger partial charge in [-0.15, -0.1) is 11.3 Å². The van der Waals surface area contributed by atoms with Gasteiger partial charge in [0.05, 0.1) is 21.7 Å². The minimum atomic E-state index is -0.0365. The summed E-state index contributed by atoms with van der Waals surface area (Å²) in [5.74, 6) is 0.673. The molecule has 0 bridgehead atoms. The Morgan fingerprint density at radius 3 is 2.78 bits per heavy atom. The number of thiazole rings is 1. The number of pyridine rings is 1. The smallest absolute Gasteiger partial charge is 0.182 e. The molecule has 4 heterocycles. The van der Waals surface area contributed by atoms with Crippen LogP contribution in [0.15, 0.2) is 59.8 Å². The number of nitrogens with zero attached hydrogens (tertiary/aromatic N) is 4. The summed E-state index contributed by atoms with van der Waals surface area (Å²) in [4.78, 5) is 22.0. The summed E-state index contributed by atoms with van der Waals surface area (Å²) in [6.07, 6.45) is 3.22. The lowest BCUT2D eigenvalue weighted by molar-refractivity contribution is 0.932. The van der Waals surface area contributed by atoms with Crippen LogP contribution in [0, 0.1) is 6.92 Å². The maximum Gasteiger partial charge on any atom is 0.182 e. The number of nitrogens with one attached hydrogen (secondary N) is 2. The van der Waals surface area contributed by atoms with Crippen molar-refractivity contribution in [3.05, 3.63) is 70.9 Å². The van der Waals surface area contributed by atoms with Crippen molar-refractivity contribution in [2.75, 3.05) is 0 Å². The molecule has 2 N–H and O–H groups in total. The van der Waals surface area contributed by atoms with E-state index >= 15 is 0 Å². The van der Waals surface area contributed by atoms with E-state index in [1.807, 2.05) is 41.8 Å². The highest BCUT2D eigenvalue weighted by Gasteiger charge is 2.21. The van der Waals surface area contributed by atoms with Crippen molar-refractivity contribution in [1.82, 2.24) is 29.8 Å². The topological polar surface area (TPSA) is 91.7 Å². The van der Waals surface area contributed by atoms with Gasteiger partial charge in [0.1, 0.15) is 11.3 Å². The van der Waals surface area contributed by atoms with Gasteiger partial charge in [-0.1, -0.05) is 30.3 Å². The monoisotopic (exact) mass is 374 g/mol. The number of fused-ring (bicyclic) bond motifs is 1. The highest BCUT2D eigenvalue weighted by atomic mass is 32.1. The first-order valence-electron chi connectivity index (χ1n) is 8.34. The maximum absolute atomic E-state index is 11.9. The summed E-state index contributed by atoms with van der Waals surface area (Å²) in [6.45, 7) is 1.98. The van der Waals surface area contributed by atoms with Gasteiger partial charge in [-0.2, -0.15) is 5.10 Å². The summed E-state index contributed by atoms with van der Waals surface area (Å²) in [7, 11) is 0. The number of rotatable bonds is 3. The molecule has 0 amide bonds. The Balaban J connectivity index is 1.79. The second-order valence-electron chi connectivity index (χ2n) is 6.13. The molecule has 0 aliphatic rings. The Hall–Kier alpha value is -3.52. The zero-order valence-electron chi connectivity index (χ0n) is 14.3. The predicted octanol–water partition coefficient (Wildman–Crippen LogP) is 3.51. The van der Waals surface area contributed by atoms with Gasteiger partial charge < -0.3 is 0 Å². The van der Waals surface area contributed by atoms with Crippen molar-refractivity contribution in [2.45, 2.75) is 6.92 Å². The molecule has 27 heavy (non-hydrogen) atoms. The summed E-state index contributed by atoms with van der Waals surface area (Å²) in [6, 6.07) is 13.1. The summed E-state index contributed by atoms with van der Waals surface area (Å²) in [5, 5.41) is 11.0. The normalized spacial score (nSPS) is 11.3. The van der Waals surface area contributed by atoms with E-state index in [-0.39, 0.29) is 5.43 Å². The second-order valence-corrected chi connectivity index (χ2v) is 7.13. The van der Waals surface area contributed by atoms with Gasteiger partial charge in [-0.05, 0) is 6.92 Å². The van der Waals surface area contributed by atoms with E-state index in [1.54, 1.807) is 12.3 Å². The van der Waals surface area contributed by atoms with Gasteiger partial charge in [0, 0.05) is 29.6 Å². The molecule has 0 atom stereocenters. The number of hydrogen-bond acceptors (Lipinski definition) is 5. The molecular weight excluding hydrogens is 360 g/mol. The van der Waals surface area contributed by atoms with Crippen LogP contribution in [0.2, 0.25) is 0 Å². The largest absolute Gasteiger partial charge is 0.298 e. The van der Waals surface area contributed by atoms with Crippen molar-refractivity contribution in [3.63, 3.8) is 0 Å². The van der Waals surface area contributed by atoms with Crippen molar-refractivity contribution < 1.29 is 0 Å². The fourth-order valence-corrected chi connectivity index (χ4v) is 4.31. The van der Waals surface area contributed by atoms with Crippen molar-refractivity contribution in [3.8, 4) is 32.5 Å². The molecule has 4 aromatic heterocycles. The van der Waals surface area contributed by atoms with E-state index in [0.29, 0.717) is 5.82 Å². The quantitative estimate of drug-likeness (QED) is 0.505. The molecule has 132 valence electrons. The van der Waals surface area contributed by atoms with Gasteiger partial charge in [0.25, 0.3) is 0 Å². The van der Waals surface area contributed by atoms with Crippen LogP contribution in [0.3, 0.4) is 0 Å². The van der Waals surface area contributed by atoms with Crippen LogP contribution >= 0.6 is 11.3 Å². The average Bonchev–Trinajstić information content (AvgIpc) is 3.39. The highest BCUT2D eigenvalue weighted by molar-refractivity contribution is 7.19. The van der Waals surface area contributed by atoms with E-state index in [2.05, 4.69) is 20.3 Å². The minimum Gasteiger partial charge on any atom is -0.298 e. The lowest BCUT2D eigenvalue weighted by Crippen LogP contribution is -1.98. The number of aryl methyl sites for hydroxylation is 1. The zero-order valence-corrected chi connectivity index (χ0v) is 15.1. The fraction of sp³-hybridized carbons (Fsp3) is 0.0526. The van der Waals surface area contributed by atoms with Gasteiger partial charge in [0.2, 0.25) is 0 Å². The molecule has 8 heteroatoms. The van der Waals surface area contributed by atoms with Crippen LogP contribution in [-0.2, 0) is 0 Å². The minimum absolute atomic E-state index is 0.0365. The molecule has 5 rings (SSSR count). The lowest BCUT2D eigenvalue weighted by Gasteiger charge is -1.99. The fourth-order valence-electron chi connectivity index (χ4n) is 3.16. The van der Waals surface area contributed by atoms with Crippen molar-refractivity contribution in [1.29, 1.82) is 0 Å². The third kappa shape index (κ3) is 2.58. The summed E-state index contributed by atoms with van der Waals surface area (Å²) < 4.78 is 1.84. The zero-order chi connectivity index (χ0) is 18.4. The molecule has 5 aromatic rings.